The predicted molar refractivity (Wildman–Crippen MR) is 126 cm³/mol. The molecule has 172 valence electrons. The Balaban J connectivity index is 1.70. The molecule has 3 heterocycles. The molecule has 0 atom stereocenters. The maximum absolute atomic E-state index is 13.2. The Bertz CT molecular complexity index is 1660. The van der Waals surface area contributed by atoms with Gasteiger partial charge in [0.15, 0.2) is 17.0 Å². The number of imidazole rings is 1. The van der Waals surface area contributed by atoms with E-state index in [4.69, 9.17) is 0 Å². The molecule has 3 aromatic heterocycles. The third-order valence-electron chi connectivity index (χ3n) is 6.01. The molecule has 0 saturated carbocycles. The highest BCUT2D eigenvalue weighted by atomic mass is 16.6. The molecule has 0 unspecified atom stereocenters. The molecule has 2 aromatic carbocycles. The van der Waals surface area contributed by atoms with Gasteiger partial charge in [0.05, 0.1) is 4.92 Å². The van der Waals surface area contributed by atoms with E-state index in [0.717, 1.165) is 17.4 Å². The van der Waals surface area contributed by atoms with Gasteiger partial charge in [-0.2, -0.15) is 0 Å². The summed E-state index contributed by atoms with van der Waals surface area (Å²) in [5.41, 5.74) is 1.56. The zero-order valence-corrected chi connectivity index (χ0v) is 18.6. The molecule has 0 radical (unpaired) electrons. The molecule has 0 spiro atoms. The van der Waals surface area contributed by atoms with Gasteiger partial charge in [-0.3, -0.25) is 24.0 Å². The van der Waals surface area contributed by atoms with Gasteiger partial charge < -0.3 is 4.57 Å². The molecule has 0 aliphatic rings. The summed E-state index contributed by atoms with van der Waals surface area (Å²) in [4.78, 5) is 36.5. The van der Waals surface area contributed by atoms with Gasteiger partial charge in [0.2, 0.25) is 5.78 Å². The second-order valence-corrected chi connectivity index (χ2v) is 8.08. The van der Waals surface area contributed by atoms with Crippen molar-refractivity contribution in [1.82, 2.24) is 28.3 Å². The fraction of sp³-hybridized carbons (Fsp3) is 0.217. The van der Waals surface area contributed by atoms with Gasteiger partial charge in [-0.25, -0.2) is 9.20 Å². The first-order chi connectivity index (χ1) is 16.4. The van der Waals surface area contributed by atoms with Crippen LogP contribution in [-0.2, 0) is 27.1 Å². The minimum absolute atomic E-state index is 0.0471. The first kappa shape index (κ1) is 21.3. The minimum atomic E-state index is -0.477. The average molecular weight is 459 g/mol. The van der Waals surface area contributed by atoms with Crippen LogP contribution in [0, 0.1) is 10.1 Å². The molecule has 0 aliphatic carbocycles. The standard InChI is InChI=1S/C23H21N7O4/c1-26-20-18(21(31)27(2)23(26)32)28(14-6-9-15-7-4-3-5-8-15)22-25-24-19(29(20)22)16-10-12-17(13-11-16)30(33)34/h3-5,7-8,10-13H,6,9,14H2,1-2H3. The van der Waals surface area contributed by atoms with Crippen LogP contribution in [-0.4, -0.2) is 33.2 Å². The number of nitro groups is 1. The van der Waals surface area contributed by atoms with Crippen molar-refractivity contribution in [1.29, 1.82) is 0 Å². The molecule has 5 rings (SSSR count). The molecular formula is C23H21N7O4. The smallest absolute Gasteiger partial charge is 0.302 e. The summed E-state index contributed by atoms with van der Waals surface area (Å²) >= 11 is 0. The van der Waals surface area contributed by atoms with E-state index in [-0.39, 0.29) is 5.69 Å². The van der Waals surface area contributed by atoms with Crippen molar-refractivity contribution in [2.45, 2.75) is 19.4 Å². The number of nitro benzene ring substituents is 1. The Morgan fingerprint density at radius 1 is 0.941 bits per heavy atom. The average Bonchev–Trinajstić information content (AvgIpc) is 3.41. The summed E-state index contributed by atoms with van der Waals surface area (Å²) in [6.07, 6.45) is 1.55. The van der Waals surface area contributed by atoms with E-state index in [1.165, 1.54) is 29.3 Å². The van der Waals surface area contributed by atoms with Gasteiger partial charge in [0.1, 0.15) is 0 Å². The van der Waals surface area contributed by atoms with Gasteiger partial charge in [-0.1, -0.05) is 30.3 Å². The summed E-state index contributed by atoms with van der Waals surface area (Å²) in [6, 6.07) is 16.0. The van der Waals surface area contributed by atoms with Crippen LogP contribution in [0.2, 0.25) is 0 Å². The van der Waals surface area contributed by atoms with Crippen LogP contribution in [0.15, 0.2) is 64.2 Å². The Labute approximate surface area is 192 Å². The van der Waals surface area contributed by atoms with E-state index in [1.807, 2.05) is 18.2 Å². The number of benzene rings is 2. The summed E-state index contributed by atoms with van der Waals surface area (Å²) in [5.74, 6) is 0.815. The highest BCUT2D eigenvalue weighted by Gasteiger charge is 2.24. The second kappa shape index (κ2) is 8.10. The van der Waals surface area contributed by atoms with E-state index in [9.17, 15) is 19.7 Å². The molecule has 0 N–H and O–H groups in total. The summed E-state index contributed by atoms with van der Waals surface area (Å²) in [5, 5.41) is 19.7. The first-order valence-electron chi connectivity index (χ1n) is 10.7. The van der Waals surface area contributed by atoms with E-state index < -0.39 is 16.2 Å². The molecule has 11 nitrogen and oxygen atoms in total. The lowest BCUT2D eigenvalue weighted by Crippen LogP contribution is -2.37. The maximum Gasteiger partial charge on any atom is 0.332 e. The van der Waals surface area contributed by atoms with Crippen molar-refractivity contribution in [2.24, 2.45) is 14.1 Å². The molecule has 0 fully saturated rings. The first-order valence-corrected chi connectivity index (χ1v) is 10.7. The van der Waals surface area contributed by atoms with Crippen molar-refractivity contribution in [3.8, 4) is 11.4 Å². The van der Waals surface area contributed by atoms with Crippen LogP contribution in [0.25, 0.3) is 28.3 Å². The van der Waals surface area contributed by atoms with E-state index in [2.05, 4.69) is 22.3 Å². The monoisotopic (exact) mass is 459 g/mol. The molecule has 11 heteroatoms. The van der Waals surface area contributed by atoms with Crippen molar-refractivity contribution in [3.05, 3.63) is 91.1 Å². The second-order valence-electron chi connectivity index (χ2n) is 8.08. The van der Waals surface area contributed by atoms with Crippen molar-refractivity contribution >= 4 is 22.6 Å². The predicted octanol–water partition coefficient (Wildman–Crippen LogP) is 2.29. The van der Waals surface area contributed by atoms with Crippen LogP contribution in [0.3, 0.4) is 0 Å². The van der Waals surface area contributed by atoms with Crippen LogP contribution >= 0.6 is 0 Å². The van der Waals surface area contributed by atoms with E-state index in [1.54, 1.807) is 28.1 Å². The van der Waals surface area contributed by atoms with Gasteiger partial charge >= 0.3 is 5.69 Å². The fourth-order valence-corrected chi connectivity index (χ4v) is 4.27. The normalized spacial score (nSPS) is 11.5. The van der Waals surface area contributed by atoms with Crippen molar-refractivity contribution in [3.63, 3.8) is 0 Å². The van der Waals surface area contributed by atoms with Gasteiger partial charge in [0.25, 0.3) is 11.2 Å². The number of hydrogen-bond acceptors (Lipinski definition) is 6. The van der Waals surface area contributed by atoms with Crippen molar-refractivity contribution < 1.29 is 4.92 Å². The Morgan fingerprint density at radius 3 is 2.32 bits per heavy atom. The Morgan fingerprint density at radius 2 is 1.65 bits per heavy atom. The van der Waals surface area contributed by atoms with Crippen LogP contribution in [0.4, 0.5) is 5.69 Å². The third kappa shape index (κ3) is 3.29. The highest BCUT2D eigenvalue weighted by molar-refractivity contribution is 5.79. The number of non-ortho nitro benzene ring substituents is 1. The molecule has 0 amide bonds. The molecule has 34 heavy (non-hydrogen) atoms. The van der Waals surface area contributed by atoms with Crippen LogP contribution in [0.5, 0.6) is 0 Å². The summed E-state index contributed by atoms with van der Waals surface area (Å²) < 4.78 is 5.94. The Hall–Kier alpha value is -4.54. The molecule has 0 saturated heterocycles. The molecule has 5 aromatic rings. The van der Waals surface area contributed by atoms with Gasteiger partial charge in [0, 0.05) is 38.3 Å². The molecular weight excluding hydrogens is 438 g/mol. The Kier molecular flexibility index (Phi) is 5.08. The highest BCUT2D eigenvalue weighted by Crippen LogP contribution is 2.26. The van der Waals surface area contributed by atoms with Gasteiger partial charge in [-0.15, -0.1) is 10.2 Å². The zero-order valence-electron chi connectivity index (χ0n) is 18.6. The number of fused-ring (bicyclic) bond motifs is 3. The van der Waals surface area contributed by atoms with E-state index >= 15 is 0 Å². The lowest BCUT2D eigenvalue weighted by Gasteiger charge is -2.07. The third-order valence-corrected chi connectivity index (χ3v) is 6.01. The van der Waals surface area contributed by atoms with Crippen LogP contribution in [0.1, 0.15) is 12.0 Å². The minimum Gasteiger partial charge on any atom is -0.302 e. The number of aromatic nitrogens is 6. The van der Waals surface area contributed by atoms with Crippen LogP contribution < -0.4 is 11.2 Å². The molecule has 0 aliphatic heterocycles. The zero-order chi connectivity index (χ0) is 24.0. The lowest BCUT2D eigenvalue weighted by atomic mass is 10.1. The van der Waals surface area contributed by atoms with Crippen molar-refractivity contribution in [2.75, 3.05) is 0 Å². The SMILES string of the molecule is Cn1c(=O)c2c(n(C)c1=O)n1c(-c3ccc([N+](=O)[O-])cc3)nnc1n2CCCc1ccccc1. The number of hydrogen-bond donors (Lipinski definition) is 0. The fourth-order valence-electron chi connectivity index (χ4n) is 4.27. The molecule has 0 bridgehead atoms. The van der Waals surface area contributed by atoms with Gasteiger partial charge in [-0.05, 0) is 30.5 Å². The van der Waals surface area contributed by atoms with E-state index in [0.29, 0.717) is 34.9 Å². The lowest BCUT2D eigenvalue weighted by molar-refractivity contribution is -0.384. The largest absolute Gasteiger partial charge is 0.332 e. The summed E-state index contributed by atoms with van der Waals surface area (Å²) in [7, 11) is 3.04. The number of rotatable bonds is 6. The number of nitrogens with zero attached hydrogens (tertiary/aromatic N) is 7. The number of aryl methyl sites for hydroxylation is 3. The quantitative estimate of drug-likeness (QED) is 0.284. The topological polar surface area (TPSA) is 122 Å². The summed E-state index contributed by atoms with van der Waals surface area (Å²) in [6.45, 7) is 0.494. The maximum atomic E-state index is 13.2.